The fourth-order valence-corrected chi connectivity index (χ4v) is 6.99. The SMILES string of the molecule is c1ccc(-c2nc(-c3ccccc3)nc(-c3ccc4oc5cccc(-n6c7ccccc7c7cc8ccccc8cc76)c5c4c3)n2)cc1. The van der Waals surface area contributed by atoms with Crippen LogP contribution in [0.5, 0.6) is 0 Å². The highest BCUT2D eigenvalue weighted by atomic mass is 16.3. The molecule has 224 valence electrons. The summed E-state index contributed by atoms with van der Waals surface area (Å²) >= 11 is 0. The predicted molar refractivity (Wildman–Crippen MR) is 195 cm³/mol. The lowest BCUT2D eigenvalue weighted by Gasteiger charge is -2.11. The van der Waals surface area contributed by atoms with Crippen LogP contribution in [0.1, 0.15) is 0 Å². The first kappa shape index (κ1) is 26.6. The smallest absolute Gasteiger partial charge is 0.164 e. The van der Waals surface area contributed by atoms with E-state index in [2.05, 4.69) is 83.4 Å². The van der Waals surface area contributed by atoms with E-state index < -0.39 is 0 Å². The van der Waals surface area contributed by atoms with Crippen molar-refractivity contribution < 1.29 is 4.42 Å². The highest BCUT2D eigenvalue weighted by Gasteiger charge is 2.20. The Morgan fingerprint density at radius 2 is 1.02 bits per heavy atom. The number of aromatic nitrogens is 4. The summed E-state index contributed by atoms with van der Waals surface area (Å²) < 4.78 is 8.88. The van der Waals surface area contributed by atoms with Crippen LogP contribution >= 0.6 is 0 Å². The normalized spacial score (nSPS) is 11.8. The first-order chi connectivity index (χ1) is 23.8. The zero-order chi connectivity index (χ0) is 31.6. The van der Waals surface area contributed by atoms with Crippen molar-refractivity contribution in [2.45, 2.75) is 0 Å². The van der Waals surface area contributed by atoms with Crippen molar-refractivity contribution in [3.8, 4) is 39.9 Å². The largest absolute Gasteiger partial charge is 0.456 e. The van der Waals surface area contributed by atoms with Crippen LogP contribution in [-0.2, 0) is 0 Å². The van der Waals surface area contributed by atoms with Crippen molar-refractivity contribution in [2.75, 3.05) is 0 Å². The molecule has 0 aliphatic carbocycles. The molecule has 10 aromatic rings. The number of hydrogen-bond donors (Lipinski definition) is 0. The molecule has 0 fully saturated rings. The van der Waals surface area contributed by atoms with Gasteiger partial charge in [0.25, 0.3) is 0 Å². The maximum Gasteiger partial charge on any atom is 0.164 e. The van der Waals surface area contributed by atoms with Gasteiger partial charge in [-0.15, -0.1) is 0 Å². The second-order valence-electron chi connectivity index (χ2n) is 12.1. The molecule has 0 aliphatic rings. The lowest BCUT2D eigenvalue weighted by molar-refractivity contribution is 0.669. The van der Waals surface area contributed by atoms with Crippen molar-refractivity contribution >= 4 is 54.5 Å². The fourth-order valence-electron chi connectivity index (χ4n) is 6.99. The molecule has 0 saturated heterocycles. The van der Waals surface area contributed by atoms with Crippen molar-refractivity contribution in [3.63, 3.8) is 0 Å². The topological polar surface area (TPSA) is 56.7 Å². The molecule has 0 aliphatic heterocycles. The number of para-hydroxylation sites is 1. The molecule has 0 amide bonds. The highest BCUT2D eigenvalue weighted by molar-refractivity contribution is 6.17. The van der Waals surface area contributed by atoms with Gasteiger partial charge in [0.2, 0.25) is 0 Å². The van der Waals surface area contributed by atoms with Gasteiger partial charge in [0, 0.05) is 32.8 Å². The van der Waals surface area contributed by atoms with Crippen LogP contribution < -0.4 is 0 Å². The summed E-state index contributed by atoms with van der Waals surface area (Å²) in [5, 5.41) is 6.93. The van der Waals surface area contributed by atoms with Crippen LogP contribution in [0.15, 0.2) is 162 Å². The average molecular weight is 615 g/mol. The zero-order valence-electron chi connectivity index (χ0n) is 25.7. The van der Waals surface area contributed by atoms with Crippen LogP contribution in [0.3, 0.4) is 0 Å². The third-order valence-electron chi connectivity index (χ3n) is 9.21. The summed E-state index contributed by atoms with van der Waals surface area (Å²) in [7, 11) is 0. The van der Waals surface area contributed by atoms with Gasteiger partial charge in [0.05, 0.1) is 22.1 Å². The molecule has 3 heterocycles. The Balaban J connectivity index is 1.23. The van der Waals surface area contributed by atoms with Crippen molar-refractivity contribution in [3.05, 3.63) is 158 Å². The van der Waals surface area contributed by atoms with Crippen molar-refractivity contribution in [2.24, 2.45) is 0 Å². The van der Waals surface area contributed by atoms with E-state index in [1.807, 2.05) is 78.9 Å². The van der Waals surface area contributed by atoms with Gasteiger partial charge >= 0.3 is 0 Å². The molecular weight excluding hydrogens is 589 g/mol. The van der Waals surface area contributed by atoms with E-state index in [1.165, 1.54) is 21.5 Å². The van der Waals surface area contributed by atoms with Crippen LogP contribution in [0.25, 0.3) is 94.4 Å². The maximum absolute atomic E-state index is 6.50. The molecule has 48 heavy (non-hydrogen) atoms. The fraction of sp³-hybridized carbons (Fsp3) is 0. The second-order valence-corrected chi connectivity index (χ2v) is 12.1. The van der Waals surface area contributed by atoms with E-state index >= 15 is 0 Å². The molecule has 0 saturated carbocycles. The lowest BCUT2D eigenvalue weighted by Crippen LogP contribution is -2.00. The summed E-state index contributed by atoms with van der Waals surface area (Å²) in [5.41, 5.74) is 7.79. The highest BCUT2D eigenvalue weighted by Crippen LogP contribution is 2.40. The Hall–Kier alpha value is -6.59. The average Bonchev–Trinajstić information content (AvgIpc) is 3.69. The molecule has 7 aromatic carbocycles. The molecule has 0 N–H and O–H groups in total. The first-order valence-corrected chi connectivity index (χ1v) is 16.0. The zero-order valence-corrected chi connectivity index (χ0v) is 25.7. The first-order valence-electron chi connectivity index (χ1n) is 16.0. The third-order valence-corrected chi connectivity index (χ3v) is 9.21. The molecule has 0 spiro atoms. The minimum Gasteiger partial charge on any atom is -0.456 e. The maximum atomic E-state index is 6.50. The summed E-state index contributed by atoms with van der Waals surface area (Å²) in [6.45, 7) is 0. The van der Waals surface area contributed by atoms with Gasteiger partial charge in [-0.05, 0) is 59.3 Å². The van der Waals surface area contributed by atoms with E-state index in [9.17, 15) is 0 Å². The summed E-state index contributed by atoms with van der Waals surface area (Å²) in [5.74, 6) is 1.88. The van der Waals surface area contributed by atoms with Crippen molar-refractivity contribution in [1.82, 2.24) is 19.5 Å². The number of hydrogen-bond acceptors (Lipinski definition) is 4. The summed E-state index contributed by atoms with van der Waals surface area (Å²) in [4.78, 5) is 14.9. The van der Waals surface area contributed by atoms with Crippen LogP contribution in [-0.4, -0.2) is 19.5 Å². The standard InChI is InChI=1S/C43H26N4O/c1-3-12-27(13-4-1)41-44-42(28-14-5-2-6-15-28)46-43(45-41)31-22-23-38-34(25-31)40-36(20-11-21-39(40)48-38)47-35-19-10-9-18-32(35)33-24-29-16-7-8-17-30(29)26-37(33)47/h1-26H. The predicted octanol–water partition coefficient (Wildman–Crippen LogP) is 11.0. The van der Waals surface area contributed by atoms with Gasteiger partial charge in [0.1, 0.15) is 11.2 Å². The molecule has 3 aromatic heterocycles. The molecule has 0 unspecified atom stereocenters. The van der Waals surface area contributed by atoms with Gasteiger partial charge < -0.3 is 8.98 Å². The van der Waals surface area contributed by atoms with Gasteiger partial charge in [0.15, 0.2) is 17.5 Å². The number of nitrogens with zero attached hydrogens (tertiary/aromatic N) is 4. The Bertz CT molecular complexity index is 2780. The lowest BCUT2D eigenvalue weighted by atomic mass is 10.1. The Morgan fingerprint density at radius 3 is 1.75 bits per heavy atom. The quantitative estimate of drug-likeness (QED) is 0.198. The minimum atomic E-state index is 0.611. The van der Waals surface area contributed by atoms with E-state index in [1.54, 1.807) is 0 Å². The molecule has 0 atom stereocenters. The molecular formula is C43H26N4O. The van der Waals surface area contributed by atoms with Gasteiger partial charge in [-0.2, -0.15) is 0 Å². The van der Waals surface area contributed by atoms with Crippen molar-refractivity contribution in [1.29, 1.82) is 0 Å². The molecule has 5 nitrogen and oxygen atoms in total. The minimum absolute atomic E-state index is 0.611. The number of furan rings is 1. The Kier molecular flexibility index (Phi) is 5.81. The van der Waals surface area contributed by atoms with Crippen LogP contribution in [0.4, 0.5) is 0 Å². The van der Waals surface area contributed by atoms with Crippen LogP contribution in [0.2, 0.25) is 0 Å². The summed E-state index contributed by atoms with van der Waals surface area (Å²) in [6, 6.07) is 54.5. The molecule has 10 rings (SSSR count). The Morgan fingerprint density at radius 1 is 0.396 bits per heavy atom. The van der Waals surface area contributed by atoms with E-state index in [0.717, 1.165) is 55.3 Å². The number of benzene rings is 7. The van der Waals surface area contributed by atoms with E-state index in [4.69, 9.17) is 19.4 Å². The van der Waals surface area contributed by atoms with E-state index in [0.29, 0.717) is 17.5 Å². The van der Waals surface area contributed by atoms with Gasteiger partial charge in [-0.3, -0.25) is 0 Å². The summed E-state index contributed by atoms with van der Waals surface area (Å²) in [6.07, 6.45) is 0. The van der Waals surface area contributed by atoms with Crippen LogP contribution in [0, 0.1) is 0 Å². The monoisotopic (exact) mass is 614 g/mol. The number of rotatable bonds is 4. The molecule has 5 heteroatoms. The second kappa shape index (κ2) is 10.5. The number of fused-ring (bicyclic) bond motifs is 7. The van der Waals surface area contributed by atoms with Gasteiger partial charge in [-0.1, -0.05) is 109 Å². The van der Waals surface area contributed by atoms with Gasteiger partial charge in [-0.25, -0.2) is 15.0 Å². The molecule has 0 bridgehead atoms. The molecule has 0 radical (unpaired) electrons. The Labute approximate surface area is 275 Å². The van der Waals surface area contributed by atoms with E-state index in [-0.39, 0.29) is 0 Å². The third kappa shape index (κ3) is 4.15.